The van der Waals surface area contributed by atoms with E-state index in [0.717, 1.165) is 17.5 Å². The van der Waals surface area contributed by atoms with Crippen LogP contribution in [0.5, 0.6) is 0 Å². The highest BCUT2D eigenvalue weighted by atomic mass is 15.3. The molecule has 0 spiro atoms. The SMILES string of the molecule is Cc1cn(C(C)c2nncn2C)c(NC2CC2)n1. The lowest BCUT2D eigenvalue weighted by atomic mass is 10.3. The normalized spacial score (nSPS) is 16.8. The molecule has 0 saturated heterocycles. The van der Waals surface area contributed by atoms with Gasteiger partial charge < -0.3 is 14.5 Å². The summed E-state index contributed by atoms with van der Waals surface area (Å²) in [5, 5.41) is 11.6. The molecule has 1 fully saturated rings. The van der Waals surface area contributed by atoms with Crippen LogP contribution in [0.1, 0.15) is 37.3 Å². The molecule has 0 radical (unpaired) electrons. The average Bonchev–Trinajstić information content (AvgIpc) is 2.91. The number of imidazole rings is 1. The molecule has 1 saturated carbocycles. The highest BCUT2D eigenvalue weighted by Crippen LogP contribution is 2.27. The summed E-state index contributed by atoms with van der Waals surface area (Å²) in [6.45, 7) is 4.13. The molecule has 0 amide bonds. The van der Waals surface area contributed by atoms with Gasteiger partial charge >= 0.3 is 0 Å². The number of hydrogen-bond donors (Lipinski definition) is 1. The van der Waals surface area contributed by atoms with E-state index in [4.69, 9.17) is 0 Å². The number of nitrogens with one attached hydrogen (secondary N) is 1. The first-order valence-electron chi connectivity index (χ1n) is 6.31. The predicted molar refractivity (Wildman–Crippen MR) is 68.4 cm³/mol. The van der Waals surface area contributed by atoms with E-state index < -0.39 is 0 Å². The molecule has 6 heteroatoms. The van der Waals surface area contributed by atoms with Crippen molar-refractivity contribution >= 4 is 5.95 Å². The maximum atomic E-state index is 4.55. The zero-order valence-corrected chi connectivity index (χ0v) is 11.0. The molecule has 96 valence electrons. The van der Waals surface area contributed by atoms with E-state index in [9.17, 15) is 0 Å². The molecule has 18 heavy (non-hydrogen) atoms. The van der Waals surface area contributed by atoms with Crippen LogP contribution in [-0.4, -0.2) is 30.4 Å². The summed E-state index contributed by atoms with van der Waals surface area (Å²) in [4.78, 5) is 4.55. The van der Waals surface area contributed by atoms with Gasteiger partial charge in [-0.25, -0.2) is 4.98 Å². The van der Waals surface area contributed by atoms with Gasteiger partial charge in [0, 0.05) is 19.3 Å². The van der Waals surface area contributed by atoms with Gasteiger partial charge in [0.1, 0.15) is 6.33 Å². The number of nitrogens with zero attached hydrogens (tertiary/aromatic N) is 5. The molecule has 1 N–H and O–H groups in total. The van der Waals surface area contributed by atoms with E-state index in [-0.39, 0.29) is 6.04 Å². The van der Waals surface area contributed by atoms with Crippen LogP contribution in [-0.2, 0) is 7.05 Å². The van der Waals surface area contributed by atoms with Crippen molar-refractivity contribution in [2.45, 2.75) is 38.8 Å². The molecule has 2 aromatic heterocycles. The first-order chi connectivity index (χ1) is 8.65. The van der Waals surface area contributed by atoms with Crippen molar-refractivity contribution in [3.63, 3.8) is 0 Å². The van der Waals surface area contributed by atoms with Crippen molar-refractivity contribution in [3.05, 3.63) is 24.0 Å². The first-order valence-corrected chi connectivity index (χ1v) is 6.31. The number of aromatic nitrogens is 5. The molecule has 0 aromatic carbocycles. The van der Waals surface area contributed by atoms with Crippen molar-refractivity contribution in [2.75, 3.05) is 5.32 Å². The van der Waals surface area contributed by atoms with Crippen molar-refractivity contribution in [1.29, 1.82) is 0 Å². The molecule has 6 nitrogen and oxygen atoms in total. The average molecular weight is 246 g/mol. The van der Waals surface area contributed by atoms with Crippen molar-refractivity contribution < 1.29 is 0 Å². The molecule has 2 aromatic rings. The van der Waals surface area contributed by atoms with Gasteiger partial charge in [0.25, 0.3) is 0 Å². The van der Waals surface area contributed by atoms with Crippen LogP contribution in [0.25, 0.3) is 0 Å². The maximum Gasteiger partial charge on any atom is 0.203 e. The van der Waals surface area contributed by atoms with Gasteiger partial charge in [-0.05, 0) is 26.7 Å². The van der Waals surface area contributed by atoms with E-state index in [1.54, 1.807) is 6.33 Å². The summed E-state index contributed by atoms with van der Waals surface area (Å²) < 4.78 is 4.08. The van der Waals surface area contributed by atoms with Crippen molar-refractivity contribution in [2.24, 2.45) is 7.05 Å². The summed E-state index contributed by atoms with van der Waals surface area (Å²) in [6.07, 6.45) is 6.27. The highest BCUT2D eigenvalue weighted by molar-refractivity contribution is 5.33. The highest BCUT2D eigenvalue weighted by Gasteiger charge is 2.25. The Balaban J connectivity index is 1.92. The fraction of sp³-hybridized carbons (Fsp3) is 0.583. The second kappa shape index (κ2) is 4.12. The standard InChI is InChI=1S/C12H18N6/c1-8-6-18(12(14-8)15-10-4-5-10)9(2)11-16-13-7-17(11)3/h6-7,9-10H,4-5H2,1-3H3,(H,14,15). The summed E-state index contributed by atoms with van der Waals surface area (Å²) in [6, 6.07) is 0.720. The second-order valence-corrected chi connectivity index (χ2v) is 5.01. The van der Waals surface area contributed by atoms with E-state index in [2.05, 4.69) is 38.2 Å². The Morgan fingerprint density at radius 1 is 1.44 bits per heavy atom. The van der Waals surface area contributed by atoms with Crippen molar-refractivity contribution in [1.82, 2.24) is 24.3 Å². The minimum absolute atomic E-state index is 0.125. The zero-order valence-electron chi connectivity index (χ0n) is 11.0. The number of rotatable bonds is 4. The summed E-state index contributed by atoms with van der Waals surface area (Å²) in [5.74, 6) is 1.87. The van der Waals surface area contributed by atoms with Crippen LogP contribution in [0, 0.1) is 6.92 Å². The Morgan fingerprint density at radius 3 is 2.83 bits per heavy atom. The van der Waals surface area contributed by atoms with Gasteiger partial charge in [0.2, 0.25) is 5.95 Å². The number of aryl methyl sites for hydroxylation is 2. The molecule has 1 aliphatic carbocycles. The topological polar surface area (TPSA) is 60.6 Å². The maximum absolute atomic E-state index is 4.55. The Hall–Kier alpha value is -1.85. The molecular formula is C12H18N6. The molecule has 3 rings (SSSR count). The third-order valence-electron chi connectivity index (χ3n) is 3.30. The molecule has 2 heterocycles. The second-order valence-electron chi connectivity index (χ2n) is 5.01. The van der Waals surface area contributed by atoms with Crippen LogP contribution in [0.4, 0.5) is 5.95 Å². The Labute approximate surface area is 106 Å². The van der Waals surface area contributed by atoms with Gasteiger partial charge in [0.15, 0.2) is 5.82 Å². The molecule has 1 aliphatic rings. The molecule has 1 unspecified atom stereocenters. The lowest BCUT2D eigenvalue weighted by Crippen LogP contribution is -2.15. The summed E-state index contributed by atoms with van der Waals surface area (Å²) >= 11 is 0. The molecule has 1 atom stereocenters. The minimum Gasteiger partial charge on any atom is -0.353 e. The lowest BCUT2D eigenvalue weighted by molar-refractivity contribution is 0.577. The third-order valence-corrected chi connectivity index (χ3v) is 3.30. The van der Waals surface area contributed by atoms with E-state index in [1.807, 2.05) is 18.5 Å². The molecular weight excluding hydrogens is 228 g/mol. The van der Waals surface area contributed by atoms with Gasteiger partial charge in [-0.15, -0.1) is 10.2 Å². The van der Waals surface area contributed by atoms with E-state index in [1.165, 1.54) is 12.8 Å². The van der Waals surface area contributed by atoms with E-state index >= 15 is 0 Å². The van der Waals surface area contributed by atoms with Crippen LogP contribution < -0.4 is 5.32 Å². The monoisotopic (exact) mass is 246 g/mol. The number of anilines is 1. The third kappa shape index (κ3) is 1.98. The quantitative estimate of drug-likeness (QED) is 0.888. The van der Waals surface area contributed by atoms with Crippen LogP contribution in [0.15, 0.2) is 12.5 Å². The Bertz CT molecular complexity index is 551. The summed E-state index contributed by atoms with van der Waals surface area (Å²) in [7, 11) is 1.96. The van der Waals surface area contributed by atoms with Gasteiger partial charge in [-0.2, -0.15) is 0 Å². The first kappa shape index (κ1) is 11.3. The van der Waals surface area contributed by atoms with E-state index in [0.29, 0.717) is 6.04 Å². The zero-order chi connectivity index (χ0) is 12.7. The predicted octanol–water partition coefficient (Wildman–Crippen LogP) is 1.50. The largest absolute Gasteiger partial charge is 0.353 e. The molecule has 0 bridgehead atoms. The summed E-state index contributed by atoms with van der Waals surface area (Å²) in [5.41, 5.74) is 1.02. The van der Waals surface area contributed by atoms with Crippen molar-refractivity contribution in [3.8, 4) is 0 Å². The van der Waals surface area contributed by atoms with Crippen LogP contribution >= 0.6 is 0 Å². The smallest absolute Gasteiger partial charge is 0.203 e. The van der Waals surface area contributed by atoms with Gasteiger partial charge in [-0.3, -0.25) is 0 Å². The fourth-order valence-electron chi connectivity index (χ4n) is 2.12. The lowest BCUT2D eigenvalue weighted by Gasteiger charge is -2.15. The van der Waals surface area contributed by atoms with Crippen LogP contribution in [0.3, 0.4) is 0 Å². The van der Waals surface area contributed by atoms with Crippen LogP contribution in [0.2, 0.25) is 0 Å². The fourth-order valence-corrected chi connectivity index (χ4v) is 2.12. The minimum atomic E-state index is 0.125. The number of hydrogen-bond acceptors (Lipinski definition) is 4. The van der Waals surface area contributed by atoms with Gasteiger partial charge in [-0.1, -0.05) is 0 Å². The van der Waals surface area contributed by atoms with Gasteiger partial charge in [0.05, 0.1) is 11.7 Å². The Morgan fingerprint density at radius 2 is 2.22 bits per heavy atom. The Kier molecular flexibility index (Phi) is 2.57. The molecule has 0 aliphatic heterocycles.